The highest BCUT2D eigenvalue weighted by atomic mass is 16.4. The third kappa shape index (κ3) is 6.77. The summed E-state index contributed by atoms with van der Waals surface area (Å²) in [5.74, 6) is -0.861. The molecular weight excluding hydrogens is 260 g/mol. The number of carbonyl (C=O) groups excluding carboxylic acids is 1. The van der Waals surface area contributed by atoms with Crippen LogP contribution in [-0.2, 0) is 11.3 Å². The highest BCUT2D eigenvalue weighted by Crippen LogP contribution is 2.10. The van der Waals surface area contributed by atoms with E-state index >= 15 is 0 Å². The number of nitrogens with one attached hydrogen (secondary N) is 2. The van der Waals surface area contributed by atoms with Gasteiger partial charge >= 0.3 is 12.0 Å². The molecule has 0 aliphatic rings. The zero-order valence-electron chi connectivity index (χ0n) is 11.9. The number of aromatic nitrogens is 2. The number of amides is 2. The van der Waals surface area contributed by atoms with E-state index in [1.54, 1.807) is 26.4 Å². The summed E-state index contributed by atoms with van der Waals surface area (Å²) in [4.78, 5) is 26.1. The van der Waals surface area contributed by atoms with Crippen LogP contribution in [0.25, 0.3) is 0 Å². The number of rotatable bonds is 8. The molecule has 0 radical (unpaired) electrons. The topological polar surface area (TPSA) is 96.3 Å². The van der Waals surface area contributed by atoms with Crippen molar-refractivity contribution < 1.29 is 14.7 Å². The van der Waals surface area contributed by atoms with E-state index in [1.165, 1.54) is 0 Å². The van der Waals surface area contributed by atoms with E-state index in [0.29, 0.717) is 13.0 Å². The number of carbonyl (C=O) groups is 2. The summed E-state index contributed by atoms with van der Waals surface area (Å²) in [5, 5.41) is 14.2. The van der Waals surface area contributed by atoms with Crippen molar-refractivity contribution in [2.24, 2.45) is 0 Å². The second-order valence-corrected chi connectivity index (χ2v) is 5.31. The van der Waals surface area contributed by atoms with E-state index in [0.717, 1.165) is 13.0 Å². The van der Waals surface area contributed by atoms with Crippen molar-refractivity contribution in [3.8, 4) is 0 Å². The van der Waals surface area contributed by atoms with Crippen LogP contribution in [0, 0.1) is 0 Å². The van der Waals surface area contributed by atoms with Crippen LogP contribution in [0.5, 0.6) is 0 Å². The SMILES string of the molecule is CC(C)(CCC(=O)O)NC(=O)NCCCn1ccnc1. The van der Waals surface area contributed by atoms with Crippen LogP contribution in [0.15, 0.2) is 18.7 Å². The molecule has 0 atom stereocenters. The van der Waals surface area contributed by atoms with Gasteiger partial charge in [-0.15, -0.1) is 0 Å². The average molecular weight is 282 g/mol. The Hall–Kier alpha value is -2.05. The van der Waals surface area contributed by atoms with Crippen molar-refractivity contribution in [1.29, 1.82) is 0 Å². The van der Waals surface area contributed by atoms with Crippen molar-refractivity contribution in [3.05, 3.63) is 18.7 Å². The quantitative estimate of drug-likeness (QED) is 0.624. The van der Waals surface area contributed by atoms with E-state index in [9.17, 15) is 9.59 Å². The molecule has 1 aromatic heterocycles. The number of aryl methyl sites for hydroxylation is 1. The Balaban J connectivity index is 2.17. The van der Waals surface area contributed by atoms with Crippen LogP contribution in [0.3, 0.4) is 0 Å². The van der Waals surface area contributed by atoms with Gasteiger partial charge in [-0.25, -0.2) is 9.78 Å². The largest absolute Gasteiger partial charge is 0.481 e. The Bertz CT molecular complexity index is 429. The minimum absolute atomic E-state index is 0.0356. The van der Waals surface area contributed by atoms with Gasteiger partial charge in [-0.2, -0.15) is 0 Å². The summed E-state index contributed by atoms with van der Waals surface area (Å²) in [5.41, 5.74) is -0.535. The molecule has 1 aromatic rings. The predicted octanol–water partition coefficient (Wildman–Crippen LogP) is 1.22. The molecular formula is C13H22N4O3. The molecule has 0 unspecified atom stereocenters. The Morgan fingerprint density at radius 3 is 2.75 bits per heavy atom. The van der Waals surface area contributed by atoms with Gasteiger partial charge in [-0.3, -0.25) is 4.79 Å². The first-order valence-corrected chi connectivity index (χ1v) is 6.62. The van der Waals surface area contributed by atoms with E-state index in [1.807, 2.05) is 10.8 Å². The van der Waals surface area contributed by atoms with E-state index in [4.69, 9.17) is 5.11 Å². The molecule has 0 saturated heterocycles. The highest BCUT2D eigenvalue weighted by Gasteiger charge is 2.21. The third-order valence-electron chi connectivity index (χ3n) is 2.85. The number of aliphatic carboxylic acids is 1. The summed E-state index contributed by atoms with van der Waals surface area (Å²) < 4.78 is 1.94. The molecule has 1 heterocycles. The first kappa shape index (κ1) is 16.0. The standard InChI is InChI=1S/C13H22N4O3/c1-13(2,5-4-11(18)19)16-12(20)15-6-3-8-17-9-7-14-10-17/h7,9-10H,3-6,8H2,1-2H3,(H,18,19)(H2,15,16,20). The summed E-state index contributed by atoms with van der Waals surface area (Å²) >= 11 is 0. The molecule has 0 bridgehead atoms. The van der Waals surface area contributed by atoms with Gasteiger partial charge in [0.1, 0.15) is 0 Å². The number of carboxylic acids is 1. The Kier molecular flexibility index (Phi) is 6.02. The molecule has 7 heteroatoms. The molecule has 0 aliphatic carbocycles. The molecule has 2 amide bonds. The van der Waals surface area contributed by atoms with Crippen LogP contribution in [0.4, 0.5) is 4.79 Å². The number of urea groups is 1. The van der Waals surface area contributed by atoms with Gasteiger partial charge in [0.25, 0.3) is 0 Å². The van der Waals surface area contributed by atoms with Crippen LogP contribution in [0.2, 0.25) is 0 Å². The van der Waals surface area contributed by atoms with Gasteiger partial charge in [0.05, 0.1) is 6.33 Å². The highest BCUT2D eigenvalue weighted by molar-refractivity contribution is 5.74. The smallest absolute Gasteiger partial charge is 0.315 e. The molecule has 0 saturated carbocycles. The Labute approximate surface area is 118 Å². The second kappa shape index (κ2) is 7.52. The van der Waals surface area contributed by atoms with Crippen LogP contribution in [0.1, 0.15) is 33.1 Å². The molecule has 0 spiro atoms. The lowest BCUT2D eigenvalue weighted by molar-refractivity contribution is -0.137. The molecule has 7 nitrogen and oxygen atoms in total. The zero-order chi connectivity index (χ0) is 15.0. The van der Waals surface area contributed by atoms with E-state index < -0.39 is 11.5 Å². The maximum absolute atomic E-state index is 11.7. The van der Waals surface area contributed by atoms with Gasteiger partial charge in [0, 0.05) is 37.4 Å². The van der Waals surface area contributed by atoms with Crippen molar-refractivity contribution in [3.63, 3.8) is 0 Å². The van der Waals surface area contributed by atoms with Crippen molar-refractivity contribution in [2.75, 3.05) is 6.54 Å². The monoisotopic (exact) mass is 282 g/mol. The molecule has 1 rings (SSSR count). The number of carboxylic acid groups (broad SMARTS) is 1. The lowest BCUT2D eigenvalue weighted by Gasteiger charge is -2.25. The molecule has 20 heavy (non-hydrogen) atoms. The average Bonchev–Trinajstić information content (AvgIpc) is 2.85. The number of nitrogens with zero attached hydrogens (tertiary/aromatic N) is 2. The molecule has 0 aliphatic heterocycles. The molecule has 3 N–H and O–H groups in total. The second-order valence-electron chi connectivity index (χ2n) is 5.31. The van der Waals surface area contributed by atoms with Crippen LogP contribution < -0.4 is 10.6 Å². The normalized spacial score (nSPS) is 11.1. The molecule has 0 aromatic carbocycles. The summed E-state index contributed by atoms with van der Waals surface area (Å²) in [7, 11) is 0. The van der Waals surface area contributed by atoms with Crippen molar-refractivity contribution >= 4 is 12.0 Å². The predicted molar refractivity (Wildman–Crippen MR) is 74.3 cm³/mol. The number of hydrogen-bond donors (Lipinski definition) is 3. The van der Waals surface area contributed by atoms with Crippen LogP contribution in [-0.4, -0.2) is 38.7 Å². The van der Waals surface area contributed by atoms with Gasteiger partial charge in [-0.1, -0.05) is 0 Å². The van der Waals surface area contributed by atoms with E-state index in [2.05, 4.69) is 15.6 Å². The maximum atomic E-state index is 11.7. The minimum atomic E-state index is -0.861. The summed E-state index contributed by atoms with van der Waals surface area (Å²) in [6, 6.07) is -0.272. The zero-order valence-corrected chi connectivity index (χ0v) is 11.9. The minimum Gasteiger partial charge on any atom is -0.481 e. The lowest BCUT2D eigenvalue weighted by Crippen LogP contribution is -2.48. The first-order valence-electron chi connectivity index (χ1n) is 6.62. The molecule has 112 valence electrons. The van der Waals surface area contributed by atoms with Gasteiger partial charge in [0.15, 0.2) is 0 Å². The molecule has 0 fully saturated rings. The van der Waals surface area contributed by atoms with Gasteiger partial charge in [-0.05, 0) is 26.7 Å². The fraction of sp³-hybridized carbons (Fsp3) is 0.615. The van der Waals surface area contributed by atoms with Crippen molar-refractivity contribution in [2.45, 2.75) is 45.2 Å². The van der Waals surface area contributed by atoms with Gasteiger partial charge in [0.2, 0.25) is 0 Å². The maximum Gasteiger partial charge on any atom is 0.315 e. The number of imidazole rings is 1. The number of hydrogen-bond acceptors (Lipinski definition) is 3. The van der Waals surface area contributed by atoms with Crippen molar-refractivity contribution in [1.82, 2.24) is 20.2 Å². The fourth-order valence-corrected chi connectivity index (χ4v) is 1.72. The first-order chi connectivity index (χ1) is 9.39. The summed E-state index contributed by atoms with van der Waals surface area (Å²) in [6.45, 7) is 4.96. The fourth-order valence-electron chi connectivity index (χ4n) is 1.72. The van der Waals surface area contributed by atoms with Crippen LogP contribution >= 0.6 is 0 Å². The Morgan fingerprint density at radius 2 is 2.15 bits per heavy atom. The Morgan fingerprint density at radius 1 is 1.40 bits per heavy atom. The third-order valence-corrected chi connectivity index (χ3v) is 2.85. The van der Waals surface area contributed by atoms with E-state index in [-0.39, 0.29) is 12.5 Å². The van der Waals surface area contributed by atoms with Gasteiger partial charge < -0.3 is 20.3 Å². The summed E-state index contributed by atoms with van der Waals surface area (Å²) in [6.07, 6.45) is 6.55. The lowest BCUT2D eigenvalue weighted by atomic mass is 9.99.